The van der Waals surface area contributed by atoms with E-state index < -0.39 is 7.81 Å². The fraction of sp³-hybridized carbons (Fsp3) is 0.971. The van der Waals surface area contributed by atoms with Gasteiger partial charge in [0.15, 0.2) is 0 Å². The van der Waals surface area contributed by atoms with E-state index in [0.717, 1.165) is 0 Å². The van der Waals surface area contributed by atoms with Crippen molar-refractivity contribution in [3.8, 4) is 0 Å². The summed E-state index contributed by atoms with van der Waals surface area (Å²) in [5.74, 6) is 1.52. The SMILES string of the molecule is CCCCCCCCN(CCCCCCCC)C(N(CCCCCCCC)CCCCCCCC)=[N+](C)C.F[P-](F)(F)(F)(F)F. The van der Waals surface area contributed by atoms with Gasteiger partial charge in [-0.25, -0.2) is 0 Å². The van der Waals surface area contributed by atoms with Crippen LogP contribution in [0.25, 0.3) is 0 Å². The van der Waals surface area contributed by atoms with E-state index in [0.29, 0.717) is 0 Å². The monoisotopic (exact) mass is 682 g/mol. The number of unbranched alkanes of at least 4 members (excludes halogenated alkanes) is 20. The van der Waals surface area contributed by atoms with Gasteiger partial charge in [0.1, 0.15) is 0 Å². The van der Waals surface area contributed by atoms with Crippen molar-refractivity contribution in [2.75, 3.05) is 40.3 Å². The molecule has 0 saturated carbocycles. The molecule has 3 nitrogen and oxygen atoms in total. The van der Waals surface area contributed by atoms with Crippen molar-refractivity contribution in [1.29, 1.82) is 0 Å². The maximum atomic E-state index is 9.87. The standard InChI is InChI=1S/C35H74N3.F6P/c1-7-11-15-19-23-27-31-37(32-28-24-20-16-12-8-2)35(36(5)6)38(33-29-25-21-17-13-9-3)34-30-26-22-18-14-10-4;1-7(2,3,4,5)6/h7-34H2,1-6H3;/q+1;-1. The second-order valence-corrected chi connectivity index (χ2v) is 15.1. The van der Waals surface area contributed by atoms with Gasteiger partial charge in [0.05, 0.1) is 40.3 Å². The van der Waals surface area contributed by atoms with Crippen molar-refractivity contribution in [3.63, 3.8) is 0 Å². The molecule has 0 fully saturated rings. The van der Waals surface area contributed by atoms with Crippen LogP contribution in [-0.4, -0.2) is 60.6 Å². The molecule has 0 atom stereocenters. The van der Waals surface area contributed by atoms with Crippen molar-refractivity contribution in [2.45, 2.75) is 182 Å². The number of halogens is 6. The molecule has 276 valence electrons. The Balaban J connectivity index is 0. The maximum absolute atomic E-state index is 10.7. The summed E-state index contributed by atoms with van der Waals surface area (Å²) in [6.07, 6.45) is 33.2. The molecule has 0 saturated heterocycles. The summed E-state index contributed by atoms with van der Waals surface area (Å²) in [4.78, 5) is 5.60. The molecule has 10 heteroatoms. The molecule has 0 N–H and O–H groups in total. The first-order chi connectivity index (χ1) is 21.1. The number of hydrogen-bond acceptors (Lipinski definition) is 0. The topological polar surface area (TPSA) is 9.49 Å². The number of guanidine groups is 1. The summed E-state index contributed by atoms with van der Waals surface area (Å²) in [6, 6.07) is 0. The minimum absolute atomic E-state index is 1.23. The van der Waals surface area contributed by atoms with Gasteiger partial charge in [-0.3, -0.25) is 14.4 Å². The van der Waals surface area contributed by atoms with Crippen LogP contribution >= 0.6 is 7.81 Å². The first kappa shape index (κ1) is 46.4. The first-order valence-electron chi connectivity index (χ1n) is 18.7. The molecule has 0 rings (SSSR count). The predicted octanol–water partition coefficient (Wildman–Crippen LogP) is 14.0. The Morgan fingerprint density at radius 3 is 0.733 bits per heavy atom. The molecule has 0 aromatic rings. The van der Waals surface area contributed by atoms with Crippen LogP contribution in [0.3, 0.4) is 0 Å². The average molecular weight is 682 g/mol. The predicted molar refractivity (Wildman–Crippen MR) is 187 cm³/mol. The molecule has 0 spiro atoms. The summed E-state index contributed by atoms with van der Waals surface area (Å²) >= 11 is 0. The molecule has 0 heterocycles. The quantitative estimate of drug-likeness (QED) is 0.0203. The Morgan fingerprint density at radius 1 is 0.378 bits per heavy atom. The summed E-state index contributed by atoms with van der Waals surface area (Å²) in [5.41, 5.74) is 0. The van der Waals surface area contributed by atoms with E-state index in [1.807, 2.05) is 0 Å². The van der Waals surface area contributed by atoms with Gasteiger partial charge in [-0.15, -0.1) is 0 Å². The van der Waals surface area contributed by atoms with Gasteiger partial charge in [0.2, 0.25) is 0 Å². The molecule has 0 aromatic carbocycles. The van der Waals surface area contributed by atoms with E-state index in [1.165, 1.54) is 186 Å². The summed E-state index contributed by atoms with van der Waals surface area (Å²) in [5, 5.41) is 0. The molecule has 0 aliphatic rings. The minimum atomic E-state index is -10.7. The van der Waals surface area contributed by atoms with Gasteiger partial charge in [-0.2, -0.15) is 0 Å². The van der Waals surface area contributed by atoms with Gasteiger partial charge in [0, 0.05) is 0 Å². The molecule has 0 aromatic heterocycles. The Hall–Kier alpha value is -0.720. The van der Waals surface area contributed by atoms with Gasteiger partial charge in [-0.1, -0.05) is 156 Å². The van der Waals surface area contributed by atoms with Crippen molar-refractivity contribution in [1.82, 2.24) is 9.80 Å². The van der Waals surface area contributed by atoms with Crippen LogP contribution in [0.2, 0.25) is 0 Å². The Kier molecular flexibility index (Phi) is 27.1. The first-order valence-corrected chi connectivity index (χ1v) is 20.7. The Bertz CT molecular complexity index is 616. The summed E-state index contributed by atoms with van der Waals surface area (Å²) in [7, 11) is -6.05. The molecule has 0 radical (unpaired) electrons. The molecule has 0 aliphatic heterocycles. The van der Waals surface area contributed by atoms with Gasteiger partial charge in [0.25, 0.3) is 0 Å². The summed E-state index contributed by atoms with van der Waals surface area (Å²) in [6.45, 7) is 14.2. The third-order valence-corrected chi connectivity index (χ3v) is 8.09. The van der Waals surface area contributed by atoms with Crippen LogP contribution in [0.5, 0.6) is 0 Å². The molecular formula is C35H74F6N3P. The van der Waals surface area contributed by atoms with E-state index in [-0.39, 0.29) is 0 Å². The second-order valence-electron chi connectivity index (χ2n) is 13.2. The number of nitrogens with zero attached hydrogens (tertiary/aromatic N) is 3. The third-order valence-electron chi connectivity index (χ3n) is 8.09. The molecule has 45 heavy (non-hydrogen) atoms. The molecule has 0 aliphatic carbocycles. The van der Waals surface area contributed by atoms with E-state index in [4.69, 9.17) is 0 Å². The van der Waals surface area contributed by atoms with Crippen molar-refractivity contribution < 1.29 is 29.8 Å². The van der Waals surface area contributed by atoms with Crippen LogP contribution in [0.15, 0.2) is 0 Å². The van der Waals surface area contributed by atoms with Crippen LogP contribution in [0, 0.1) is 0 Å². The number of hydrogen-bond donors (Lipinski definition) is 0. The Morgan fingerprint density at radius 2 is 0.556 bits per heavy atom. The van der Waals surface area contributed by atoms with Crippen molar-refractivity contribution >= 4 is 13.8 Å². The van der Waals surface area contributed by atoms with Crippen LogP contribution in [0.4, 0.5) is 25.2 Å². The normalized spacial score (nSPS) is 13.1. The van der Waals surface area contributed by atoms with E-state index in [2.05, 4.69) is 56.2 Å². The molecular weight excluding hydrogens is 607 g/mol. The zero-order chi connectivity index (χ0) is 34.5. The average Bonchev–Trinajstić information content (AvgIpc) is 2.93. The third kappa shape index (κ3) is 39.4. The zero-order valence-electron chi connectivity index (χ0n) is 30.4. The Labute approximate surface area is 275 Å². The van der Waals surface area contributed by atoms with Crippen molar-refractivity contribution in [2.24, 2.45) is 0 Å². The van der Waals surface area contributed by atoms with E-state index in [1.54, 1.807) is 0 Å². The van der Waals surface area contributed by atoms with E-state index in [9.17, 15) is 25.2 Å². The molecule has 0 unspecified atom stereocenters. The fourth-order valence-electron chi connectivity index (χ4n) is 5.72. The van der Waals surface area contributed by atoms with Gasteiger partial charge >= 0.3 is 38.9 Å². The van der Waals surface area contributed by atoms with Crippen LogP contribution in [0.1, 0.15) is 182 Å². The van der Waals surface area contributed by atoms with Crippen molar-refractivity contribution in [3.05, 3.63) is 0 Å². The van der Waals surface area contributed by atoms with Gasteiger partial charge in [-0.05, 0) is 25.7 Å². The second kappa shape index (κ2) is 26.3. The van der Waals surface area contributed by atoms with E-state index >= 15 is 0 Å². The zero-order valence-corrected chi connectivity index (χ0v) is 31.3. The number of rotatable bonds is 28. The molecule has 0 amide bonds. The van der Waals surface area contributed by atoms with Crippen LogP contribution in [-0.2, 0) is 0 Å². The fourth-order valence-corrected chi connectivity index (χ4v) is 5.72. The van der Waals surface area contributed by atoms with Crippen LogP contribution < -0.4 is 0 Å². The summed E-state index contributed by atoms with van der Waals surface area (Å²) < 4.78 is 61.7. The molecule has 0 bridgehead atoms. The van der Waals surface area contributed by atoms with Gasteiger partial charge < -0.3 is 0 Å².